The Kier molecular flexibility index (Phi) is 5.99. The zero-order valence-electron chi connectivity index (χ0n) is 19.8. The first kappa shape index (κ1) is 21.8. The van der Waals surface area contributed by atoms with Gasteiger partial charge in [0.1, 0.15) is 5.78 Å². The second-order valence-corrected chi connectivity index (χ2v) is 12.6. The number of carbonyl (C=O) groups excluding carboxylic acids is 1. The van der Waals surface area contributed by atoms with Crippen molar-refractivity contribution in [3.05, 3.63) is 0 Å². The molecule has 0 aromatic carbocycles. The van der Waals surface area contributed by atoms with Gasteiger partial charge in [-0.2, -0.15) is 0 Å². The lowest BCUT2D eigenvalue weighted by Gasteiger charge is -2.60. The van der Waals surface area contributed by atoms with Gasteiger partial charge >= 0.3 is 0 Å². The van der Waals surface area contributed by atoms with Crippen LogP contribution in [0.25, 0.3) is 0 Å². The monoisotopic (exact) mass is 402 g/mol. The predicted octanol–water partition coefficient (Wildman–Crippen LogP) is 6.65. The summed E-state index contributed by atoms with van der Waals surface area (Å²) in [6, 6.07) is 0. The van der Waals surface area contributed by atoms with Crippen LogP contribution in [0.2, 0.25) is 0 Å². The molecular weight excluding hydrogens is 356 g/mol. The molecule has 0 saturated heterocycles. The van der Waals surface area contributed by atoms with Gasteiger partial charge in [-0.1, -0.05) is 53.9 Å². The van der Waals surface area contributed by atoms with Gasteiger partial charge in [0.25, 0.3) is 0 Å². The number of Topliss-reactive ketones (excluding diaryl/α,β-unsaturated/α-hetero) is 1. The van der Waals surface area contributed by atoms with Gasteiger partial charge < -0.3 is 5.11 Å². The van der Waals surface area contributed by atoms with Crippen LogP contribution in [0.3, 0.4) is 0 Å². The summed E-state index contributed by atoms with van der Waals surface area (Å²) < 4.78 is 0. The Balaban J connectivity index is 1.50. The number of hydrogen-bond acceptors (Lipinski definition) is 2. The van der Waals surface area contributed by atoms with Gasteiger partial charge in [0.05, 0.1) is 6.10 Å². The Morgan fingerprint density at radius 3 is 2.38 bits per heavy atom. The Morgan fingerprint density at radius 1 is 0.966 bits per heavy atom. The highest BCUT2D eigenvalue weighted by Gasteiger charge is 2.62. The van der Waals surface area contributed by atoms with Crippen LogP contribution in [-0.2, 0) is 4.79 Å². The summed E-state index contributed by atoms with van der Waals surface area (Å²) >= 11 is 0. The summed E-state index contributed by atoms with van der Waals surface area (Å²) in [5.41, 5.74) is 0.609. The fourth-order valence-corrected chi connectivity index (χ4v) is 9.04. The number of aliphatic hydroxyl groups is 1. The van der Waals surface area contributed by atoms with Crippen molar-refractivity contribution in [2.75, 3.05) is 0 Å². The summed E-state index contributed by atoms with van der Waals surface area (Å²) in [4.78, 5) is 13.2. The molecule has 0 heterocycles. The Labute approximate surface area is 179 Å². The highest BCUT2D eigenvalue weighted by atomic mass is 16.3. The summed E-state index contributed by atoms with van der Waals surface area (Å²) in [5, 5.41) is 10.2. The average molecular weight is 403 g/mol. The highest BCUT2D eigenvalue weighted by Crippen LogP contribution is 2.67. The van der Waals surface area contributed by atoms with E-state index in [2.05, 4.69) is 34.6 Å². The van der Waals surface area contributed by atoms with Crippen LogP contribution in [0.5, 0.6) is 0 Å². The molecule has 4 saturated carbocycles. The van der Waals surface area contributed by atoms with Crippen molar-refractivity contribution >= 4 is 5.78 Å². The Bertz CT molecular complexity index is 612. The van der Waals surface area contributed by atoms with Crippen LogP contribution in [0, 0.1) is 52.3 Å². The molecule has 0 radical (unpaired) electrons. The maximum absolute atomic E-state index is 13.2. The van der Waals surface area contributed by atoms with E-state index in [9.17, 15) is 9.90 Å². The Morgan fingerprint density at radius 2 is 1.66 bits per heavy atom. The third-order valence-corrected chi connectivity index (χ3v) is 10.6. The van der Waals surface area contributed by atoms with Gasteiger partial charge in [0.2, 0.25) is 0 Å². The molecule has 0 aromatic rings. The van der Waals surface area contributed by atoms with Gasteiger partial charge in [-0.25, -0.2) is 0 Å². The second-order valence-electron chi connectivity index (χ2n) is 12.6. The van der Waals surface area contributed by atoms with E-state index in [0.29, 0.717) is 23.0 Å². The molecule has 1 N–H and O–H groups in total. The molecule has 0 amide bonds. The summed E-state index contributed by atoms with van der Waals surface area (Å²) in [6.07, 6.45) is 12.8. The van der Waals surface area contributed by atoms with Crippen molar-refractivity contribution in [2.45, 2.75) is 111 Å². The molecule has 4 aliphatic rings. The van der Waals surface area contributed by atoms with Crippen molar-refractivity contribution in [3.63, 3.8) is 0 Å². The van der Waals surface area contributed by atoms with Crippen LogP contribution in [0.1, 0.15) is 105 Å². The summed E-state index contributed by atoms with van der Waals surface area (Å²) in [7, 11) is 0. The van der Waals surface area contributed by atoms with Crippen LogP contribution in [0.15, 0.2) is 0 Å². The summed E-state index contributed by atoms with van der Waals surface area (Å²) in [5.74, 6) is 5.21. The minimum absolute atomic E-state index is 0.129. The van der Waals surface area contributed by atoms with Gasteiger partial charge in [-0.15, -0.1) is 0 Å². The maximum Gasteiger partial charge on any atom is 0.136 e. The van der Waals surface area contributed by atoms with Crippen LogP contribution >= 0.6 is 0 Å². The van der Waals surface area contributed by atoms with Crippen molar-refractivity contribution in [1.29, 1.82) is 0 Å². The molecule has 2 heteroatoms. The fourth-order valence-electron chi connectivity index (χ4n) is 9.04. The van der Waals surface area contributed by atoms with Gasteiger partial charge in [0.15, 0.2) is 0 Å². The van der Waals surface area contributed by atoms with Crippen molar-refractivity contribution < 1.29 is 9.90 Å². The molecule has 4 aliphatic carbocycles. The van der Waals surface area contributed by atoms with E-state index in [-0.39, 0.29) is 17.4 Å². The molecule has 29 heavy (non-hydrogen) atoms. The quantitative estimate of drug-likeness (QED) is 0.559. The van der Waals surface area contributed by atoms with Crippen LogP contribution in [0.4, 0.5) is 0 Å². The smallest absolute Gasteiger partial charge is 0.136 e. The first-order chi connectivity index (χ1) is 13.7. The second kappa shape index (κ2) is 7.95. The van der Waals surface area contributed by atoms with Crippen LogP contribution < -0.4 is 0 Å². The molecular formula is C27H46O2. The standard InChI is InChI=1S/C27H46O2/c1-17(2)7-6-8-18(3)21-9-10-22-20-16-25(29)24-15-19(28)11-13-27(24,5)23(20)12-14-26(21,22)4/h17-24,28H,6-16H2,1-5H3/t18-,19-,20+,21-,22+,23+,24+,26+,27+/m0/s1. The van der Waals surface area contributed by atoms with Gasteiger partial charge in [0, 0.05) is 12.3 Å². The number of aliphatic hydroxyl groups excluding tert-OH is 1. The highest BCUT2D eigenvalue weighted by molar-refractivity contribution is 5.83. The van der Waals surface area contributed by atoms with Crippen molar-refractivity contribution in [1.82, 2.24) is 0 Å². The zero-order valence-corrected chi connectivity index (χ0v) is 19.8. The molecule has 166 valence electrons. The van der Waals surface area contributed by atoms with E-state index in [1.54, 1.807) is 0 Å². The van der Waals surface area contributed by atoms with Crippen molar-refractivity contribution in [2.24, 2.45) is 52.3 Å². The van der Waals surface area contributed by atoms with Crippen LogP contribution in [-0.4, -0.2) is 17.0 Å². The molecule has 4 rings (SSSR count). The number of hydrogen-bond donors (Lipinski definition) is 1. The maximum atomic E-state index is 13.2. The number of ketones is 1. The fraction of sp³-hybridized carbons (Fsp3) is 0.963. The minimum atomic E-state index is -0.245. The van der Waals surface area contributed by atoms with E-state index >= 15 is 0 Å². The topological polar surface area (TPSA) is 37.3 Å². The lowest BCUT2D eigenvalue weighted by atomic mass is 9.44. The first-order valence-corrected chi connectivity index (χ1v) is 12.9. The number of fused-ring (bicyclic) bond motifs is 5. The number of rotatable bonds is 5. The molecule has 4 fully saturated rings. The van der Waals surface area contributed by atoms with E-state index in [0.717, 1.165) is 49.4 Å². The van der Waals surface area contributed by atoms with Gasteiger partial charge in [-0.05, 0) is 91.3 Å². The Hall–Kier alpha value is -0.370. The first-order valence-electron chi connectivity index (χ1n) is 12.9. The molecule has 9 atom stereocenters. The normalized spacial score (nSPS) is 48.2. The molecule has 0 bridgehead atoms. The largest absolute Gasteiger partial charge is 0.393 e. The third kappa shape index (κ3) is 3.64. The van der Waals surface area contributed by atoms with E-state index in [1.807, 2.05) is 0 Å². The van der Waals surface area contributed by atoms with E-state index in [4.69, 9.17) is 0 Å². The predicted molar refractivity (Wildman–Crippen MR) is 119 cm³/mol. The molecule has 2 nitrogen and oxygen atoms in total. The van der Waals surface area contributed by atoms with E-state index in [1.165, 1.54) is 44.9 Å². The lowest BCUT2D eigenvalue weighted by molar-refractivity contribution is -0.160. The molecule has 0 spiro atoms. The average Bonchev–Trinajstić information content (AvgIpc) is 3.00. The molecule has 0 unspecified atom stereocenters. The minimum Gasteiger partial charge on any atom is -0.393 e. The zero-order chi connectivity index (χ0) is 21.0. The summed E-state index contributed by atoms with van der Waals surface area (Å²) in [6.45, 7) is 12.2. The molecule has 0 aliphatic heterocycles. The van der Waals surface area contributed by atoms with Gasteiger partial charge in [-0.3, -0.25) is 4.79 Å². The third-order valence-electron chi connectivity index (χ3n) is 10.6. The number of carbonyl (C=O) groups is 1. The lowest BCUT2D eigenvalue weighted by Crippen LogP contribution is -2.57. The molecule has 0 aromatic heterocycles. The SMILES string of the molecule is CC(C)CCC[C@H](C)[C@@H]1CC[C@@H]2[C@H]3CC(=O)[C@H]4C[C@@H](O)CC[C@]4(C)[C@@H]3CC[C@@]21C. The van der Waals surface area contributed by atoms with Crippen molar-refractivity contribution in [3.8, 4) is 0 Å². The van der Waals surface area contributed by atoms with E-state index < -0.39 is 0 Å².